The minimum absolute atomic E-state index is 0.0197. The lowest BCUT2D eigenvalue weighted by molar-refractivity contribution is -0.123. The van der Waals surface area contributed by atoms with Gasteiger partial charge in [-0.25, -0.2) is 4.79 Å². The van der Waals surface area contributed by atoms with Crippen molar-refractivity contribution in [2.24, 2.45) is 0 Å². The molecule has 2 N–H and O–H groups in total. The van der Waals surface area contributed by atoms with Gasteiger partial charge in [-0.15, -0.1) is 11.3 Å². The van der Waals surface area contributed by atoms with Crippen LogP contribution in [0.2, 0.25) is 0 Å². The van der Waals surface area contributed by atoms with Crippen molar-refractivity contribution < 1.29 is 33.3 Å². The number of thiophene rings is 1. The van der Waals surface area contributed by atoms with Crippen molar-refractivity contribution in [3.05, 3.63) is 64.4 Å². The Balaban J connectivity index is 1.76. The molecule has 1 aromatic heterocycles. The molecule has 0 aliphatic heterocycles. The van der Waals surface area contributed by atoms with E-state index in [1.54, 1.807) is 31.4 Å². The number of anilines is 2. The molecule has 0 aliphatic carbocycles. The first-order chi connectivity index (χ1) is 16.8. The Morgan fingerprint density at radius 3 is 2.20 bits per heavy atom. The summed E-state index contributed by atoms with van der Waals surface area (Å²) in [6, 6.07) is 13.3. The summed E-state index contributed by atoms with van der Waals surface area (Å²) in [5, 5.41) is 7.28. The third-order valence-corrected chi connectivity index (χ3v) is 5.82. The summed E-state index contributed by atoms with van der Waals surface area (Å²) in [6.45, 7) is 1.45. The Bertz CT molecular complexity index is 1180. The normalized spacial score (nSPS) is 11.2. The maximum atomic E-state index is 13.0. The number of hydrogen-bond acceptors (Lipinski definition) is 8. The predicted octanol–water partition coefficient (Wildman–Crippen LogP) is 4.14. The van der Waals surface area contributed by atoms with E-state index < -0.39 is 18.0 Å². The molecule has 35 heavy (non-hydrogen) atoms. The van der Waals surface area contributed by atoms with Gasteiger partial charge in [0.15, 0.2) is 17.6 Å². The Labute approximate surface area is 207 Å². The van der Waals surface area contributed by atoms with Crippen LogP contribution in [0.1, 0.15) is 22.2 Å². The molecule has 3 rings (SSSR count). The molecule has 1 atom stereocenters. The molecular weight excluding hydrogens is 472 g/mol. The summed E-state index contributed by atoms with van der Waals surface area (Å²) in [5.41, 5.74) is 0.717. The summed E-state index contributed by atoms with van der Waals surface area (Å²) in [4.78, 5) is 39.0. The first kappa shape index (κ1) is 25.6. The number of ether oxygens (including phenoxy) is 4. The van der Waals surface area contributed by atoms with E-state index in [4.69, 9.17) is 18.9 Å². The lowest BCUT2D eigenvalue weighted by Crippen LogP contribution is -2.30. The highest BCUT2D eigenvalue weighted by atomic mass is 32.1. The van der Waals surface area contributed by atoms with E-state index in [0.717, 1.165) is 4.88 Å². The van der Waals surface area contributed by atoms with E-state index in [-0.39, 0.29) is 29.3 Å². The number of benzene rings is 2. The van der Waals surface area contributed by atoms with Crippen LogP contribution in [-0.4, -0.2) is 45.2 Å². The molecule has 0 saturated heterocycles. The summed E-state index contributed by atoms with van der Waals surface area (Å²) in [5.74, 6) is -0.419. The summed E-state index contributed by atoms with van der Waals surface area (Å²) < 4.78 is 21.1. The molecule has 0 radical (unpaired) electrons. The highest BCUT2D eigenvalue weighted by molar-refractivity contribution is 7.10. The van der Waals surface area contributed by atoms with Gasteiger partial charge in [0.25, 0.3) is 5.91 Å². The fraction of sp³-hybridized carbons (Fsp3) is 0.240. The quantitative estimate of drug-likeness (QED) is 0.404. The maximum absolute atomic E-state index is 13.0. The van der Waals surface area contributed by atoms with E-state index in [1.807, 2.05) is 17.5 Å². The number of carbonyl (C=O) groups excluding carboxylic acids is 3. The number of amides is 2. The summed E-state index contributed by atoms with van der Waals surface area (Å²) >= 11 is 1.45. The van der Waals surface area contributed by atoms with Crippen molar-refractivity contribution in [1.82, 2.24) is 0 Å². The Morgan fingerprint density at radius 2 is 1.60 bits per heavy atom. The van der Waals surface area contributed by atoms with Gasteiger partial charge < -0.3 is 29.6 Å². The van der Waals surface area contributed by atoms with Gasteiger partial charge in [0.05, 0.1) is 39.0 Å². The van der Waals surface area contributed by atoms with E-state index in [9.17, 15) is 14.4 Å². The van der Waals surface area contributed by atoms with Gasteiger partial charge in [-0.05, 0) is 42.6 Å². The van der Waals surface area contributed by atoms with Gasteiger partial charge in [-0.1, -0.05) is 6.07 Å². The monoisotopic (exact) mass is 498 g/mol. The van der Waals surface area contributed by atoms with Crippen LogP contribution >= 0.6 is 11.3 Å². The molecule has 0 saturated carbocycles. The highest BCUT2D eigenvalue weighted by Gasteiger charge is 2.24. The zero-order valence-corrected chi connectivity index (χ0v) is 20.6. The first-order valence-electron chi connectivity index (χ1n) is 10.6. The molecule has 2 aromatic carbocycles. The number of methoxy groups -OCH3 is 3. The van der Waals surface area contributed by atoms with Gasteiger partial charge in [-0.2, -0.15) is 0 Å². The summed E-state index contributed by atoms with van der Waals surface area (Å²) in [6.07, 6.45) is -0.978. The number of rotatable bonds is 10. The van der Waals surface area contributed by atoms with Crippen LogP contribution in [0.15, 0.2) is 53.9 Å². The fourth-order valence-electron chi connectivity index (χ4n) is 3.11. The van der Waals surface area contributed by atoms with Crippen LogP contribution in [0, 0.1) is 0 Å². The van der Waals surface area contributed by atoms with Crippen LogP contribution in [0.5, 0.6) is 17.2 Å². The van der Waals surface area contributed by atoms with Crippen molar-refractivity contribution in [3.8, 4) is 17.2 Å². The number of carbonyl (C=O) groups is 3. The standard InChI is InChI=1S/C25H26N2O7S/c1-15(24(29)26-16-7-9-17(31-2)10-8-16)34-25(30)19-13-21(32-3)22(33-4)14-20(19)27-23(28)12-18-6-5-11-35-18/h5-11,13-15H,12H2,1-4H3,(H,26,29)(H,27,28)/t15-/m1/s1. The molecule has 3 aromatic rings. The average Bonchev–Trinajstić information content (AvgIpc) is 3.36. The number of nitrogens with one attached hydrogen (secondary N) is 2. The highest BCUT2D eigenvalue weighted by Crippen LogP contribution is 2.34. The third-order valence-electron chi connectivity index (χ3n) is 4.94. The van der Waals surface area contributed by atoms with Crippen molar-refractivity contribution >= 4 is 40.5 Å². The van der Waals surface area contributed by atoms with Gasteiger partial charge >= 0.3 is 5.97 Å². The molecule has 0 unspecified atom stereocenters. The second-order valence-corrected chi connectivity index (χ2v) is 8.35. The van der Waals surface area contributed by atoms with Crippen LogP contribution in [0.4, 0.5) is 11.4 Å². The lowest BCUT2D eigenvalue weighted by atomic mass is 10.1. The molecule has 184 valence electrons. The Kier molecular flexibility index (Phi) is 8.69. The minimum Gasteiger partial charge on any atom is -0.497 e. The minimum atomic E-state index is -1.12. The largest absolute Gasteiger partial charge is 0.497 e. The first-order valence-corrected chi connectivity index (χ1v) is 11.5. The van der Waals surface area contributed by atoms with Crippen LogP contribution < -0.4 is 24.8 Å². The Hall–Kier alpha value is -4.05. The third kappa shape index (κ3) is 6.73. The molecule has 0 bridgehead atoms. The van der Waals surface area contributed by atoms with E-state index >= 15 is 0 Å². The molecule has 0 spiro atoms. The van der Waals surface area contributed by atoms with Gasteiger partial charge in [0.1, 0.15) is 5.75 Å². The molecule has 10 heteroatoms. The second kappa shape index (κ2) is 11.9. The van der Waals surface area contributed by atoms with E-state index in [0.29, 0.717) is 17.2 Å². The molecule has 0 fully saturated rings. The number of hydrogen-bond donors (Lipinski definition) is 2. The predicted molar refractivity (Wildman–Crippen MR) is 133 cm³/mol. The lowest BCUT2D eigenvalue weighted by Gasteiger charge is -2.17. The van der Waals surface area contributed by atoms with Gasteiger partial charge in [0, 0.05) is 22.7 Å². The zero-order chi connectivity index (χ0) is 25.4. The van der Waals surface area contributed by atoms with Gasteiger partial charge in [-0.3, -0.25) is 9.59 Å². The van der Waals surface area contributed by atoms with Crippen LogP contribution in [-0.2, 0) is 20.7 Å². The average molecular weight is 499 g/mol. The van der Waals surface area contributed by atoms with Crippen molar-refractivity contribution in [2.75, 3.05) is 32.0 Å². The fourth-order valence-corrected chi connectivity index (χ4v) is 3.82. The zero-order valence-electron chi connectivity index (χ0n) is 19.7. The van der Waals surface area contributed by atoms with Crippen LogP contribution in [0.25, 0.3) is 0 Å². The molecular formula is C25H26N2O7S. The molecule has 0 aliphatic rings. The summed E-state index contributed by atoms with van der Waals surface area (Å²) in [7, 11) is 4.41. The van der Waals surface area contributed by atoms with E-state index in [1.165, 1.54) is 44.6 Å². The molecule has 1 heterocycles. The van der Waals surface area contributed by atoms with Crippen molar-refractivity contribution in [3.63, 3.8) is 0 Å². The smallest absolute Gasteiger partial charge is 0.341 e. The maximum Gasteiger partial charge on any atom is 0.341 e. The molecule has 9 nitrogen and oxygen atoms in total. The van der Waals surface area contributed by atoms with Crippen molar-refractivity contribution in [1.29, 1.82) is 0 Å². The molecule has 2 amide bonds. The van der Waals surface area contributed by atoms with Crippen LogP contribution in [0.3, 0.4) is 0 Å². The topological polar surface area (TPSA) is 112 Å². The second-order valence-electron chi connectivity index (χ2n) is 7.32. The number of esters is 1. The SMILES string of the molecule is COc1ccc(NC(=O)[C@@H](C)OC(=O)c2cc(OC)c(OC)cc2NC(=O)Cc2cccs2)cc1. The van der Waals surface area contributed by atoms with Gasteiger partial charge in [0.2, 0.25) is 5.91 Å². The Morgan fingerprint density at radius 1 is 0.914 bits per heavy atom. The van der Waals surface area contributed by atoms with Crippen molar-refractivity contribution in [2.45, 2.75) is 19.4 Å². The van der Waals surface area contributed by atoms with E-state index in [2.05, 4.69) is 10.6 Å².